The Kier molecular flexibility index (Phi) is 5.36. The van der Waals surface area contributed by atoms with Gasteiger partial charge in [-0.3, -0.25) is 4.79 Å². The molecule has 0 spiro atoms. The second-order valence-electron chi connectivity index (χ2n) is 3.92. The molecule has 5 nitrogen and oxygen atoms in total. The Labute approximate surface area is 112 Å². The molecule has 0 heterocycles. The number of carboxylic acid groups (broad SMARTS) is 1. The molecule has 2 amide bonds. The fourth-order valence-electron chi connectivity index (χ4n) is 1.45. The van der Waals surface area contributed by atoms with Crippen molar-refractivity contribution in [3.63, 3.8) is 0 Å². The summed E-state index contributed by atoms with van der Waals surface area (Å²) in [6.07, 6.45) is -4.49. The first-order valence-corrected chi connectivity index (χ1v) is 5.73. The largest absolute Gasteiger partial charge is 0.481 e. The number of carboxylic acids is 1. The number of aliphatic carboxylic acids is 1. The predicted molar refractivity (Wildman–Crippen MR) is 65.3 cm³/mol. The van der Waals surface area contributed by atoms with Crippen molar-refractivity contribution in [1.82, 2.24) is 5.32 Å². The van der Waals surface area contributed by atoms with Crippen LogP contribution in [0.4, 0.5) is 23.7 Å². The fraction of sp³-hybridized carbons (Fsp3) is 0.333. The van der Waals surface area contributed by atoms with Crippen LogP contribution in [0.25, 0.3) is 0 Å². The van der Waals surface area contributed by atoms with E-state index in [0.717, 1.165) is 12.1 Å². The normalized spacial score (nSPS) is 10.9. The molecule has 110 valence electrons. The third-order valence-corrected chi connectivity index (χ3v) is 2.33. The van der Waals surface area contributed by atoms with Gasteiger partial charge in [0.15, 0.2) is 0 Å². The van der Waals surface area contributed by atoms with Gasteiger partial charge in [0.05, 0.1) is 11.3 Å². The minimum Gasteiger partial charge on any atom is -0.481 e. The molecule has 0 unspecified atom stereocenters. The summed E-state index contributed by atoms with van der Waals surface area (Å²) in [5.74, 6) is -1.00. The Morgan fingerprint density at radius 1 is 1.20 bits per heavy atom. The second-order valence-corrected chi connectivity index (χ2v) is 3.92. The summed E-state index contributed by atoms with van der Waals surface area (Å²) in [6.45, 7) is 0.0618. The number of anilines is 1. The van der Waals surface area contributed by atoms with Gasteiger partial charge < -0.3 is 15.7 Å². The smallest absolute Gasteiger partial charge is 0.418 e. The lowest BCUT2D eigenvalue weighted by atomic mass is 10.1. The monoisotopic (exact) mass is 290 g/mol. The number of carbonyl (C=O) groups is 2. The number of para-hydroxylation sites is 1. The van der Waals surface area contributed by atoms with Gasteiger partial charge in [-0.2, -0.15) is 13.2 Å². The van der Waals surface area contributed by atoms with Crippen LogP contribution in [0, 0.1) is 0 Å². The summed E-state index contributed by atoms with van der Waals surface area (Å²) in [6, 6.07) is 3.78. The van der Waals surface area contributed by atoms with Gasteiger partial charge in [0.1, 0.15) is 0 Å². The van der Waals surface area contributed by atoms with Gasteiger partial charge >= 0.3 is 18.2 Å². The van der Waals surface area contributed by atoms with Crippen molar-refractivity contribution in [2.24, 2.45) is 0 Å². The molecule has 3 N–H and O–H groups in total. The zero-order valence-corrected chi connectivity index (χ0v) is 10.3. The Hall–Kier alpha value is -2.25. The van der Waals surface area contributed by atoms with E-state index in [2.05, 4.69) is 10.6 Å². The maximum atomic E-state index is 12.7. The summed E-state index contributed by atoms with van der Waals surface area (Å²) in [5.41, 5.74) is -1.29. The van der Waals surface area contributed by atoms with Crippen LogP contribution >= 0.6 is 0 Å². The highest BCUT2D eigenvalue weighted by Crippen LogP contribution is 2.34. The van der Waals surface area contributed by atoms with Gasteiger partial charge in [0.2, 0.25) is 0 Å². The molecule has 8 heteroatoms. The van der Waals surface area contributed by atoms with Crippen molar-refractivity contribution >= 4 is 17.7 Å². The van der Waals surface area contributed by atoms with E-state index in [-0.39, 0.29) is 25.1 Å². The van der Waals surface area contributed by atoms with Crippen molar-refractivity contribution in [3.8, 4) is 0 Å². The number of carbonyl (C=O) groups excluding carboxylic acids is 1. The topological polar surface area (TPSA) is 78.4 Å². The highest BCUT2D eigenvalue weighted by molar-refractivity contribution is 5.90. The average molecular weight is 290 g/mol. The van der Waals surface area contributed by atoms with Gasteiger partial charge in [-0.15, -0.1) is 0 Å². The number of benzene rings is 1. The lowest BCUT2D eigenvalue weighted by molar-refractivity contribution is -0.138. The summed E-state index contributed by atoms with van der Waals surface area (Å²) in [7, 11) is 0. The third-order valence-electron chi connectivity index (χ3n) is 2.33. The van der Waals surface area contributed by atoms with E-state index in [9.17, 15) is 22.8 Å². The zero-order valence-electron chi connectivity index (χ0n) is 10.3. The number of hydrogen-bond acceptors (Lipinski definition) is 2. The van der Waals surface area contributed by atoms with E-state index in [1.807, 2.05) is 0 Å². The molecule has 0 radical (unpaired) electrons. The molecule has 0 saturated carbocycles. The van der Waals surface area contributed by atoms with Gasteiger partial charge in [-0.1, -0.05) is 12.1 Å². The molecule has 0 saturated heterocycles. The lowest BCUT2D eigenvalue weighted by Crippen LogP contribution is -2.30. The fourth-order valence-corrected chi connectivity index (χ4v) is 1.45. The first kappa shape index (κ1) is 15.8. The SMILES string of the molecule is O=C(O)CCCNC(=O)Nc1ccccc1C(F)(F)F. The average Bonchev–Trinajstić information content (AvgIpc) is 2.34. The summed E-state index contributed by atoms with van der Waals surface area (Å²) >= 11 is 0. The predicted octanol–water partition coefficient (Wildman–Crippen LogP) is 2.69. The van der Waals surface area contributed by atoms with Crippen molar-refractivity contribution in [3.05, 3.63) is 29.8 Å². The van der Waals surface area contributed by atoms with Crippen LogP contribution in [0.1, 0.15) is 18.4 Å². The minimum absolute atomic E-state index is 0.0618. The highest BCUT2D eigenvalue weighted by Gasteiger charge is 2.33. The highest BCUT2D eigenvalue weighted by atomic mass is 19.4. The van der Waals surface area contributed by atoms with Crippen LogP contribution < -0.4 is 10.6 Å². The van der Waals surface area contributed by atoms with Crippen LogP contribution in [0.2, 0.25) is 0 Å². The molecular formula is C12H13F3N2O3. The molecule has 1 aromatic carbocycles. The number of hydrogen-bond donors (Lipinski definition) is 3. The Morgan fingerprint density at radius 2 is 1.85 bits per heavy atom. The first-order chi connectivity index (χ1) is 9.30. The van der Waals surface area contributed by atoms with Gasteiger partial charge in [0.25, 0.3) is 0 Å². The molecule has 0 aromatic heterocycles. The molecule has 0 aliphatic rings. The van der Waals surface area contributed by atoms with E-state index in [0.29, 0.717) is 0 Å². The Balaban J connectivity index is 2.56. The van der Waals surface area contributed by atoms with E-state index in [1.54, 1.807) is 0 Å². The maximum absolute atomic E-state index is 12.7. The van der Waals surface area contributed by atoms with Crippen molar-refractivity contribution in [2.45, 2.75) is 19.0 Å². The first-order valence-electron chi connectivity index (χ1n) is 5.73. The molecule has 0 atom stereocenters. The number of alkyl halides is 3. The van der Waals surface area contributed by atoms with Gasteiger partial charge in [0, 0.05) is 13.0 Å². The molecule has 20 heavy (non-hydrogen) atoms. The molecule has 1 rings (SSSR count). The summed E-state index contributed by atoms with van der Waals surface area (Å²) < 4.78 is 38.0. The number of rotatable bonds is 5. The van der Waals surface area contributed by atoms with Crippen molar-refractivity contribution < 1.29 is 27.9 Å². The zero-order chi connectivity index (χ0) is 15.2. The van der Waals surface area contributed by atoms with Crippen LogP contribution in [-0.4, -0.2) is 23.7 Å². The van der Waals surface area contributed by atoms with Crippen LogP contribution in [-0.2, 0) is 11.0 Å². The molecule has 1 aromatic rings. The van der Waals surface area contributed by atoms with Crippen LogP contribution in [0.5, 0.6) is 0 Å². The van der Waals surface area contributed by atoms with Crippen molar-refractivity contribution in [2.75, 3.05) is 11.9 Å². The van der Waals surface area contributed by atoms with E-state index < -0.39 is 23.7 Å². The number of nitrogens with one attached hydrogen (secondary N) is 2. The molecule has 0 bridgehead atoms. The quantitative estimate of drug-likeness (QED) is 0.729. The second kappa shape index (κ2) is 6.78. The Morgan fingerprint density at radius 3 is 2.45 bits per heavy atom. The molecular weight excluding hydrogens is 277 g/mol. The number of urea groups is 1. The van der Waals surface area contributed by atoms with Crippen molar-refractivity contribution in [1.29, 1.82) is 0 Å². The minimum atomic E-state index is -4.56. The van der Waals surface area contributed by atoms with E-state index in [1.165, 1.54) is 12.1 Å². The summed E-state index contributed by atoms with van der Waals surface area (Å²) in [5, 5.41) is 12.8. The number of amides is 2. The van der Waals surface area contributed by atoms with E-state index >= 15 is 0 Å². The van der Waals surface area contributed by atoms with E-state index in [4.69, 9.17) is 5.11 Å². The molecule has 0 aliphatic carbocycles. The third kappa shape index (κ3) is 5.17. The number of halogens is 3. The van der Waals surface area contributed by atoms with Crippen LogP contribution in [0.3, 0.4) is 0 Å². The van der Waals surface area contributed by atoms with Gasteiger partial charge in [-0.25, -0.2) is 4.79 Å². The van der Waals surface area contributed by atoms with Crippen LogP contribution in [0.15, 0.2) is 24.3 Å². The summed E-state index contributed by atoms with van der Waals surface area (Å²) in [4.78, 5) is 21.6. The Bertz CT molecular complexity index is 489. The molecule has 0 fully saturated rings. The lowest BCUT2D eigenvalue weighted by Gasteiger charge is -2.13. The maximum Gasteiger partial charge on any atom is 0.418 e. The molecule has 0 aliphatic heterocycles. The van der Waals surface area contributed by atoms with Gasteiger partial charge in [-0.05, 0) is 18.6 Å². The standard InChI is InChI=1S/C12H13F3N2O3/c13-12(14,15)8-4-1-2-5-9(8)17-11(20)16-7-3-6-10(18)19/h1-2,4-5H,3,6-7H2,(H,18,19)(H2,16,17,20).